The van der Waals surface area contributed by atoms with E-state index in [4.69, 9.17) is 27.8 Å². The van der Waals surface area contributed by atoms with Gasteiger partial charge in [-0.15, -0.1) is 0 Å². The summed E-state index contributed by atoms with van der Waals surface area (Å²) >= 11 is 0. The lowest BCUT2D eigenvalue weighted by molar-refractivity contribution is -0.254. The lowest BCUT2D eigenvalue weighted by atomic mass is 9.85. The standard InChI is InChI=1S/C45H42F6O6/c1-41(2,3)25-15-11-23(12-16-25)39-34(28-21-30(53-8)31(54-9)22-29(28)56-39)37-38(44(48,49)45(50,51)43(37,46)47)36-35-32(55-10)19-27(52-7)20-33(35)57-40(36)24-13-17-26(18-14-24)42(4,5)6/h11-22H,1-10H3. The maximum atomic E-state index is 17.0. The van der Waals surface area contributed by atoms with Crippen molar-refractivity contribution in [3.8, 4) is 45.6 Å². The summed E-state index contributed by atoms with van der Waals surface area (Å²) in [6, 6.07) is 18.5. The molecule has 1 aliphatic carbocycles. The van der Waals surface area contributed by atoms with Gasteiger partial charge >= 0.3 is 17.8 Å². The molecule has 0 bridgehead atoms. The summed E-state index contributed by atoms with van der Waals surface area (Å²) in [5.41, 5.74) is -3.48. The van der Waals surface area contributed by atoms with Crippen molar-refractivity contribution in [2.75, 3.05) is 28.4 Å². The van der Waals surface area contributed by atoms with Gasteiger partial charge in [-0.2, -0.15) is 26.3 Å². The van der Waals surface area contributed by atoms with E-state index in [0.717, 1.165) is 11.1 Å². The summed E-state index contributed by atoms with van der Waals surface area (Å²) in [4.78, 5) is 0. The number of ether oxygens (including phenoxy) is 4. The zero-order valence-electron chi connectivity index (χ0n) is 33.1. The normalized spacial score (nSPS) is 16.4. The first kappa shape index (κ1) is 39.7. The Balaban J connectivity index is 1.70. The first-order valence-electron chi connectivity index (χ1n) is 18.1. The van der Waals surface area contributed by atoms with Crippen LogP contribution in [0.5, 0.6) is 23.0 Å². The van der Waals surface area contributed by atoms with Gasteiger partial charge in [0.1, 0.15) is 34.2 Å². The quantitative estimate of drug-likeness (QED) is 0.143. The Kier molecular flexibility index (Phi) is 9.25. The Labute approximate surface area is 326 Å². The Bertz CT molecular complexity index is 2550. The largest absolute Gasteiger partial charge is 0.496 e. The van der Waals surface area contributed by atoms with Gasteiger partial charge in [-0.3, -0.25) is 0 Å². The van der Waals surface area contributed by atoms with E-state index in [9.17, 15) is 0 Å². The monoisotopic (exact) mass is 792 g/mol. The van der Waals surface area contributed by atoms with Gasteiger partial charge in [0.2, 0.25) is 0 Å². The van der Waals surface area contributed by atoms with E-state index in [-0.39, 0.29) is 78.4 Å². The summed E-state index contributed by atoms with van der Waals surface area (Å²) in [5, 5.41) is -0.433. The third-order valence-corrected chi connectivity index (χ3v) is 10.6. The van der Waals surface area contributed by atoms with Gasteiger partial charge in [0.05, 0.1) is 33.8 Å². The average Bonchev–Trinajstić information content (AvgIpc) is 3.75. The molecule has 0 amide bonds. The fourth-order valence-corrected chi connectivity index (χ4v) is 7.40. The Hall–Kier alpha value is -5.52. The molecular weight excluding hydrogens is 750 g/mol. The second-order valence-electron chi connectivity index (χ2n) is 16.1. The molecule has 0 radical (unpaired) electrons. The Morgan fingerprint density at radius 3 is 1.39 bits per heavy atom. The van der Waals surface area contributed by atoms with E-state index in [1.807, 2.05) is 41.5 Å². The molecule has 0 unspecified atom stereocenters. The lowest BCUT2D eigenvalue weighted by Crippen LogP contribution is -2.48. The number of halogens is 6. The van der Waals surface area contributed by atoms with Crippen molar-refractivity contribution in [2.24, 2.45) is 0 Å². The van der Waals surface area contributed by atoms with Gasteiger partial charge in [-0.25, -0.2) is 0 Å². The van der Waals surface area contributed by atoms with Crippen LogP contribution in [0.4, 0.5) is 26.3 Å². The molecule has 2 heterocycles. The first-order chi connectivity index (χ1) is 26.6. The molecule has 2 aromatic heterocycles. The number of hydrogen-bond donors (Lipinski definition) is 0. The SMILES string of the molecule is COc1cc(OC)c2c(C3=C(c4c(-c5ccc(C(C)(C)C)cc5)oc5cc(OC)c(OC)cc45)C(F)(F)C(F)(F)C3(F)F)c(-c3ccc(C(C)(C)C)cc3)oc2c1. The molecule has 0 saturated carbocycles. The lowest BCUT2D eigenvalue weighted by Gasteiger charge is -2.26. The fraction of sp³-hybridized carbons (Fsp3) is 0.333. The highest BCUT2D eigenvalue weighted by atomic mass is 19.3. The summed E-state index contributed by atoms with van der Waals surface area (Å²) in [6.07, 6.45) is 0. The highest BCUT2D eigenvalue weighted by Crippen LogP contribution is 2.68. The molecule has 0 aliphatic heterocycles. The van der Waals surface area contributed by atoms with Crippen molar-refractivity contribution in [3.05, 3.63) is 95.1 Å². The van der Waals surface area contributed by atoms with E-state index in [2.05, 4.69) is 0 Å². The molecular formula is C45H42F6O6. The van der Waals surface area contributed by atoms with Crippen molar-refractivity contribution in [2.45, 2.75) is 70.1 Å². The van der Waals surface area contributed by atoms with Crippen LogP contribution in [0.2, 0.25) is 0 Å². The highest BCUT2D eigenvalue weighted by molar-refractivity contribution is 6.16. The minimum absolute atomic E-state index is 0.0193. The number of hydrogen-bond acceptors (Lipinski definition) is 6. The van der Waals surface area contributed by atoms with Gasteiger partial charge in [-0.1, -0.05) is 90.1 Å². The summed E-state index contributed by atoms with van der Waals surface area (Å²) in [6.45, 7) is 11.8. The molecule has 300 valence electrons. The van der Waals surface area contributed by atoms with Gasteiger partial charge < -0.3 is 27.8 Å². The first-order valence-corrected chi connectivity index (χ1v) is 18.1. The van der Waals surface area contributed by atoms with Crippen LogP contribution < -0.4 is 18.9 Å². The van der Waals surface area contributed by atoms with Crippen molar-refractivity contribution in [1.29, 1.82) is 0 Å². The van der Waals surface area contributed by atoms with Crippen LogP contribution in [-0.2, 0) is 10.8 Å². The van der Waals surface area contributed by atoms with E-state index in [0.29, 0.717) is 0 Å². The number of alkyl halides is 6. The predicted molar refractivity (Wildman–Crippen MR) is 209 cm³/mol. The van der Waals surface area contributed by atoms with Gasteiger partial charge in [0, 0.05) is 57.0 Å². The number of fused-ring (bicyclic) bond motifs is 2. The van der Waals surface area contributed by atoms with Crippen LogP contribution in [0.15, 0.2) is 81.6 Å². The van der Waals surface area contributed by atoms with E-state index in [1.165, 1.54) is 52.7 Å². The molecule has 0 spiro atoms. The van der Waals surface area contributed by atoms with Gasteiger partial charge in [0.25, 0.3) is 0 Å². The third kappa shape index (κ3) is 6.01. The summed E-state index contributed by atoms with van der Waals surface area (Å²) in [7, 11) is 5.22. The number of benzene rings is 4. The summed E-state index contributed by atoms with van der Waals surface area (Å²) < 4.78 is 135. The minimum Gasteiger partial charge on any atom is -0.496 e. The average molecular weight is 793 g/mol. The number of methoxy groups -OCH3 is 4. The Morgan fingerprint density at radius 1 is 0.491 bits per heavy atom. The molecule has 12 heteroatoms. The molecule has 6 aromatic rings. The fourth-order valence-electron chi connectivity index (χ4n) is 7.40. The molecule has 4 aromatic carbocycles. The van der Waals surface area contributed by atoms with Crippen molar-refractivity contribution in [1.82, 2.24) is 0 Å². The minimum atomic E-state index is -5.94. The second-order valence-corrected chi connectivity index (χ2v) is 16.1. The summed E-state index contributed by atoms with van der Waals surface area (Å²) in [5.74, 6) is -17.4. The predicted octanol–water partition coefficient (Wildman–Crippen LogP) is 13.0. The van der Waals surface area contributed by atoms with Crippen molar-refractivity contribution >= 4 is 33.1 Å². The maximum absolute atomic E-state index is 17.0. The van der Waals surface area contributed by atoms with Crippen LogP contribution in [0.3, 0.4) is 0 Å². The van der Waals surface area contributed by atoms with E-state index >= 15 is 26.3 Å². The third-order valence-electron chi connectivity index (χ3n) is 10.6. The smallest absolute Gasteiger partial charge is 0.380 e. The topological polar surface area (TPSA) is 63.2 Å². The van der Waals surface area contributed by atoms with Crippen molar-refractivity contribution in [3.63, 3.8) is 0 Å². The highest BCUT2D eigenvalue weighted by Gasteiger charge is 2.81. The molecule has 0 atom stereocenters. The Morgan fingerprint density at radius 2 is 0.930 bits per heavy atom. The molecule has 57 heavy (non-hydrogen) atoms. The zero-order valence-corrected chi connectivity index (χ0v) is 33.1. The van der Waals surface area contributed by atoms with Crippen LogP contribution >= 0.6 is 0 Å². The second kappa shape index (κ2) is 13.3. The van der Waals surface area contributed by atoms with Crippen molar-refractivity contribution < 1.29 is 54.1 Å². The van der Waals surface area contributed by atoms with Crippen LogP contribution in [-0.4, -0.2) is 46.2 Å². The van der Waals surface area contributed by atoms with Crippen LogP contribution in [0, 0.1) is 0 Å². The zero-order chi connectivity index (χ0) is 41.6. The molecule has 0 N–H and O–H groups in total. The van der Waals surface area contributed by atoms with Crippen LogP contribution in [0.25, 0.3) is 55.7 Å². The maximum Gasteiger partial charge on any atom is 0.380 e. The van der Waals surface area contributed by atoms with E-state index in [1.54, 1.807) is 48.5 Å². The molecule has 1 aliphatic rings. The van der Waals surface area contributed by atoms with Gasteiger partial charge in [-0.05, 0) is 28.0 Å². The number of rotatable bonds is 8. The molecule has 7 rings (SSSR count). The number of allylic oxidation sites excluding steroid dienone is 2. The van der Waals surface area contributed by atoms with Crippen LogP contribution in [0.1, 0.15) is 63.8 Å². The van der Waals surface area contributed by atoms with Gasteiger partial charge in [0.15, 0.2) is 11.5 Å². The molecule has 0 fully saturated rings. The number of furan rings is 2. The van der Waals surface area contributed by atoms with E-state index < -0.39 is 40.0 Å². The molecule has 0 saturated heterocycles. The molecule has 6 nitrogen and oxygen atoms in total.